The SMILES string of the molecule is [CH2-]N1CCC(COC)CC1.[Y]. The normalized spacial score (nSPS) is 21.3. The van der Waals surface area contributed by atoms with Gasteiger partial charge in [0.2, 0.25) is 0 Å². The first-order chi connectivity index (χ1) is 4.83. The third-order valence-electron chi connectivity index (χ3n) is 2.11. The van der Waals surface area contributed by atoms with E-state index in [2.05, 4.69) is 11.9 Å². The van der Waals surface area contributed by atoms with Crippen molar-refractivity contribution in [2.75, 3.05) is 26.8 Å². The maximum Gasteiger partial charge on any atom is 0.0491 e. The largest absolute Gasteiger partial charge is 0.459 e. The van der Waals surface area contributed by atoms with Crippen LogP contribution in [0.3, 0.4) is 0 Å². The van der Waals surface area contributed by atoms with E-state index >= 15 is 0 Å². The van der Waals surface area contributed by atoms with Gasteiger partial charge in [-0.25, -0.2) is 0 Å². The summed E-state index contributed by atoms with van der Waals surface area (Å²) in [6, 6.07) is 0. The molecule has 63 valence electrons. The Morgan fingerprint density at radius 1 is 1.45 bits per heavy atom. The van der Waals surface area contributed by atoms with Crippen LogP contribution in [-0.4, -0.2) is 31.7 Å². The van der Waals surface area contributed by atoms with E-state index in [1.165, 1.54) is 12.8 Å². The minimum Gasteiger partial charge on any atom is -0.459 e. The second kappa shape index (κ2) is 6.53. The number of hydrogen-bond donors (Lipinski definition) is 0. The van der Waals surface area contributed by atoms with Gasteiger partial charge in [-0.1, -0.05) is 0 Å². The fourth-order valence-electron chi connectivity index (χ4n) is 1.39. The summed E-state index contributed by atoms with van der Waals surface area (Å²) in [5.41, 5.74) is 0. The molecular formula is C8H16NOY-. The summed E-state index contributed by atoms with van der Waals surface area (Å²) in [6.45, 7) is 3.19. The molecule has 1 fully saturated rings. The Balaban J connectivity index is 0.000001000. The van der Waals surface area contributed by atoms with Crippen LogP contribution in [0.5, 0.6) is 0 Å². The molecule has 0 spiro atoms. The molecule has 0 aromatic rings. The molecular weight excluding hydrogens is 215 g/mol. The van der Waals surface area contributed by atoms with Gasteiger partial charge in [0.25, 0.3) is 0 Å². The Kier molecular flexibility index (Phi) is 7.14. The van der Waals surface area contributed by atoms with Gasteiger partial charge in [-0.15, -0.1) is 0 Å². The summed E-state index contributed by atoms with van der Waals surface area (Å²) >= 11 is 0. The van der Waals surface area contributed by atoms with Gasteiger partial charge < -0.3 is 9.64 Å². The number of piperidine rings is 1. The molecule has 0 atom stereocenters. The first kappa shape index (κ1) is 12.0. The van der Waals surface area contributed by atoms with Crippen molar-refractivity contribution in [3.63, 3.8) is 0 Å². The van der Waals surface area contributed by atoms with Crippen LogP contribution in [0.15, 0.2) is 0 Å². The molecule has 2 nitrogen and oxygen atoms in total. The summed E-state index contributed by atoms with van der Waals surface area (Å²) in [6.07, 6.45) is 2.49. The first-order valence-corrected chi connectivity index (χ1v) is 3.87. The number of hydrogen-bond acceptors (Lipinski definition) is 2. The van der Waals surface area contributed by atoms with Gasteiger partial charge in [0.05, 0.1) is 0 Å². The van der Waals surface area contributed by atoms with Crippen molar-refractivity contribution < 1.29 is 37.4 Å². The predicted molar refractivity (Wildman–Crippen MR) is 41.5 cm³/mol. The summed E-state index contributed by atoms with van der Waals surface area (Å²) in [5, 5.41) is 0. The van der Waals surface area contributed by atoms with Crippen LogP contribution in [0.4, 0.5) is 0 Å². The summed E-state index contributed by atoms with van der Waals surface area (Å²) < 4.78 is 5.08. The zero-order valence-electron chi connectivity index (χ0n) is 7.25. The first-order valence-electron chi connectivity index (χ1n) is 3.87. The monoisotopic (exact) mass is 231 g/mol. The van der Waals surface area contributed by atoms with Crippen LogP contribution in [0.2, 0.25) is 0 Å². The topological polar surface area (TPSA) is 12.5 Å². The van der Waals surface area contributed by atoms with Gasteiger partial charge in [0.1, 0.15) is 0 Å². The van der Waals surface area contributed by atoms with Crippen LogP contribution >= 0.6 is 0 Å². The summed E-state index contributed by atoms with van der Waals surface area (Å²) in [5.74, 6) is 0.781. The average molecular weight is 231 g/mol. The van der Waals surface area contributed by atoms with Crippen LogP contribution in [0, 0.1) is 13.0 Å². The fourth-order valence-corrected chi connectivity index (χ4v) is 1.39. The summed E-state index contributed by atoms with van der Waals surface area (Å²) in [7, 11) is 5.66. The van der Waals surface area contributed by atoms with Crippen molar-refractivity contribution in [3.05, 3.63) is 7.05 Å². The molecule has 0 saturated carbocycles. The molecule has 0 aromatic carbocycles. The molecule has 11 heavy (non-hydrogen) atoms. The second-order valence-corrected chi connectivity index (χ2v) is 3.02. The van der Waals surface area contributed by atoms with E-state index in [1.54, 1.807) is 7.11 Å². The van der Waals surface area contributed by atoms with E-state index in [4.69, 9.17) is 4.74 Å². The standard InChI is InChI=1S/C8H16NO.Y/c1-9-5-3-8(4-6-9)7-10-2;/h8H,1,3-7H2,2H3;/q-1;. The van der Waals surface area contributed by atoms with E-state index in [0.717, 1.165) is 25.6 Å². The van der Waals surface area contributed by atoms with Crippen molar-refractivity contribution in [2.24, 2.45) is 5.92 Å². The quantitative estimate of drug-likeness (QED) is 0.660. The number of rotatable bonds is 2. The third kappa shape index (κ3) is 4.56. The molecule has 0 N–H and O–H groups in total. The van der Waals surface area contributed by atoms with Crippen LogP contribution < -0.4 is 0 Å². The van der Waals surface area contributed by atoms with Gasteiger partial charge >= 0.3 is 0 Å². The Labute approximate surface area is 94.5 Å². The molecule has 0 amide bonds. The van der Waals surface area contributed by atoms with E-state index in [-0.39, 0.29) is 32.7 Å². The third-order valence-corrected chi connectivity index (χ3v) is 2.11. The summed E-state index contributed by atoms with van der Waals surface area (Å²) in [4.78, 5) is 2.13. The Morgan fingerprint density at radius 3 is 2.45 bits per heavy atom. The minimum atomic E-state index is 0. The molecule has 1 heterocycles. The van der Waals surface area contributed by atoms with Crippen LogP contribution in [0.25, 0.3) is 0 Å². The molecule has 0 unspecified atom stereocenters. The van der Waals surface area contributed by atoms with Crippen molar-refractivity contribution >= 4 is 0 Å². The Hall–Kier alpha value is 1.02. The maximum atomic E-state index is 5.08. The van der Waals surface area contributed by atoms with Crippen molar-refractivity contribution in [2.45, 2.75) is 12.8 Å². The van der Waals surface area contributed by atoms with Crippen molar-refractivity contribution in [1.82, 2.24) is 4.90 Å². The minimum absolute atomic E-state index is 0. The van der Waals surface area contributed by atoms with Crippen molar-refractivity contribution in [1.29, 1.82) is 0 Å². The molecule has 0 aliphatic carbocycles. The maximum absolute atomic E-state index is 5.08. The molecule has 1 radical (unpaired) electrons. The Bertz CT molecular complexity index is 92.1. The number of ether oxygens (including phenoxy) is 1. The molecule has 1 rings (SSSR count). The number of likely N-dealkylation sites (tertiary alicyclic amines) is 1. The smallest absolute Gasteiger partial charge is 0.0491 e. The average Bonchev–Trinajstić information content (AvgIpc) is 1.95. The molecule has 1 aliphatic rings. The predicted octanol–water partition coefficient (Wildman–Crippen LogP) is 1.13. The van der Waals surface area contributed by atoms with Crippen molar-refractivity contribution in [3.8, 4) is 0 Å². The molecule has 3 heteroatoms. The van der Waals surface area contributed by atoms with E-state index in [9.17, 15) is 0 Å². The van der Waals surface area contributed by atoms with Gasteiger partial charge in [-0.05, 0) is 31.8 Å². The van der Waals surface area contributed by atoms with E-state index in [0.29, 0.717) is 0 Å². The van der Waals surface area contributed by atoms with Gasteiger partial charge in [0.15, 0.2) is 0 Å². The van der Waals surface area contributed by atoms with Crippen LogP contribution in [-0.2, 0) is 37.4 Å². The molecule has 1 saturated heterocycles. The fraction of sp³-hybridized carbons (Fsp3) is 0.875. The van der Waals surface area contributed by atoms with E-state index < -0.39 is 0 Å². The van der Waals surface area contributed by atoms with Gasteiger partial charge in [-0.2, -0.15) is 0 Å². The van der Waals surface area contributed by atoms with Gasteiger partial charge in [-0.3, -0.25) is 7.05 Å². The second-order valence-electron chi connectivity index (χ2n) is 3.02. The van der Waals surface area contributed by atoms with E-state index in [1.807, 2.05) is 0 Å². The number of methoxy groups -OCH3 is 1. The van der Waals surface area contributed by atoms with Crippen LogP contribution in [0.1, 0.15) is 12.8 Å². The molecule has 0 bridgehead atoms. The van der Waals surface area contributed by atoms with Gasteiger partial charge in [0, 0.05) is 46.4 Å². The molecule has 1 aliphatic heterocycles. The number of nitrogens with zero attached hydrogens (tertiary/aromatic N) is 1. The zero-order chi connectivity index (χ0) is 7.40. The zero-order valence-corrected chi connectivity index (χ0v) is 10.1. The Morgan fingerprint density at radius 2 is 2.00 bits per heavy atom. The molecule has 0 aromatic heterocycles.